The molecule has 0 bridgehead atoms. The first-order chi connectivity index (χ1) is 6.18. The summed E-state index contributed by atoms with van der Waals surface area (Å²) in [6.45, 7) is 2.22. The molecule has 2 nitrogen and oxygen atoms in total. The van der Waals surface area contributed by atoms with Gasteiger partial charge in [-0.05, 0) is 36.8 Å². The fraction of sp³-hybridized carbons (Fsp3) is 0.455. The van der Waals surface area contributed by atoms with Crippen LogP contribution in [0.4, 0.5) is 0 Å². The summed E-state index contributed by atoms with van der Waals surface area (Å²) >= 11 is 0. The van der Waals surface area contributed by atoms with Crippen LogP contribution in [0, 0.1) is 5.92 Å². The molecule has 2 heteroatoms. The monoisotopic (exact) mass is 178 g/mol. The summed E-state index contributed by atoms with van der Waals surface area (Å²) in [5.74, 6) is 0.786. The Labute approximate surface area is 77.8 Å². The van der Waals surface area contributed by atoms with Crippen molar-refractivity contribution in [2.75, 3.05) is 0 Å². The van der Waals surface area contributed by atoms with E-state index >= 15 is 0 Å². The van der Waals surface area contributed by atoms with Crippen LogP contribution in [-0.4, -0.2) is 10.2 Å². The van der Waals surface area contributed by atoms with Crippen LogP contribution in [0.5, 0.6) is 11.5 Å². The molecule has 0 heterocycles. The van der Waals surface area contributed by atoms with Crippen molar-refractivity contribution in [3.8, 4) is 11.5 Å². The molecule has 0 radical (unpaired) electrons. The lowest BCUT2D eigenvalue weighted by Gasteiger charge is -2.22. The van der Waals surface area contributed by atoms with E-state index in [9.17, 15) is 10.2 Å². The van der Waals surface area contributed by atoms with Gasteiger partial charge in [0.2, 0.25) is 0 Å². The molecular formula is C11H14O2. The second kappa shape index (κ2) is 2.95. The third kappa shape index (κ3) is 1.37. The fourth-order valence-corrected chi connectivity index (χ4v) is 2.00. The molecule has 2 rings (SSSR count). The van der Waals surface area contributed by atoms with Gasteiger partial charge in [-0.25, -0.2) is 0 Å². The van der Waals surface area contributed by atoms with Crippen molar-refractivity contribution < 1.29 is 10.2 Å². The van der Waals surface area contributed by atoms with E-state index in [0.29, 0.717) is 5.92 Å². The van der Waals surface area contributed by atoms with Crippen LogP contribution in [0.3, 0.4) is 0 Å². The summed E-state index contributed by atoms with van der Waals surface area (Å²) in [6.07, 6.45) is 3.00. The first kappa shape index (κ1) is 8.42. The highest BCUT2D eigenvalue weighted by molar-refractivity contribution is 5.49. The van der Waals surface area contributed by atoms with E-state index in [1.807, 2.05) is 6.07 Å². The van der Waals surface area contributed by atoms with Crippen LogP contribution in [-0.2, 0) is 12.8 Å². The highest BCUT2D eigenvalue weighted by Gasteiger charge is 2.19. The molecule has 0 spiro atoms. The topological polar surface area (TPSA) is 40.5 Å². The lowest BCUT2D eigenvalue weighted by Crippen LogP contribution is -2.11. The van der Waals surface area contributed by atoms with E-state index in [1.54, 1.807) is 6.07 Å². The number of benzene rings is 1. The second-order valence-electron chi connectivity index (χ2n) is 3.92. The van der Waals surface area contributed by atoms with Gasteiger partial charge in [0, 0.05) is 5.56 Å². The standard InChI is InChI=1S/C11H14O2/c1-7-2-4-9-8(6-7)3-5-10(12)11(9)13/h3,5,7,12-13H,2,4,6H2,1H3. The normalized spacial score (nSPS) is 21.2. The predicted octanol–water partition coefficient (Wildman–Crippen LogP) is 2.22. The minimum absolute atomic E-state index is 0.00769. The molecule has 0 saturated heterocycles. The molecule has 1 aromatic carbocycles. The maximum atomic E-state index is 9.58. The largest absolute Gasteiger partial charge is 0.504 e. The number of hydrogen-bond donors (Lipinski definition) is 2. The molecule has 1 atom stereocenters. The molecule has 2 N–H and O–H groups in total. The van der Waals surface area contributed by atoms with Gasteiger partial charge >= 0.3 is 0 Å². The van der Waals surface area contributed by atoms with Crippen molar-refractivity contribution in [3.05, 3.63) is 23.3 Å². The molecule has 0 amide bonds. The third-order valence-electron chi connectivity index (χ3n) is 2.81. The highest BCUT2D eigenvalue weighted by Crippen LogP contribution is 2.36. The van der Waals surface area contributed by atoms with Gasteiger partial charge in [0.1, 0.15) is 0 Å². The van der Waals surface area contributed by atoms with Crippen molar-refractivity contribution in [3.63, 3.8) is 0 Å². The van der Waals surface area contributed by atoms with Crippen LogP contribution in [0.15, 0.2) is 12.1 Å². The molecule has 0 saturated carbocycles. The van der Waals surface area contributed by atoms with Crippen molar-refractivity contribution in [2.45, 2.75) is 26.2 Å². The zero-order valence-corrected chi connectivity index (χ0v) is 7.75. The Morgan fingerprint density at radius 2 is 2.08 bits per heavy atom. The fourth-order valence-electron chi connectivity index (χ4n) is 2.00. The van der Waals surface area contributed by atoms with E-state index in [1.165, 1.54) is 5.56 Å². The van der Waals surface area contributed by atoms with E-state index in [2.05, 4.69) is 6.92 Å². The van der Waals surface area contributed by atoms with Crippen molar-refractivity contribution in [1.82, 2.24) is 0 Å². The number of phenolic OH excluding ortho intramolecular Hbond substituents is 2. The van der Waals surface area contributed by atoms with Crippen LogP contribution in [0.2, 0.25) is 0 Å². The average molecular weight is 178 g/mol. The zero-order chi connectivity index (χ0) is 9.42. The molecule has 0 fully saturated rings. The SMILES string of the molecule is CC1CCc2c(ccc(O)c2O)C1. The van der Waals surface area contributed by atoms with E-state index in [4.69, 9.17) is 0 Å². The van der Waals surface area contributed by atoms with Crippen LogP contribution in [0.25, 0.3) is 0 Å². The van der Waals surface area contributed by atoms with Crippen molar-refractivity contribution >= 4 is 0 Å². The first-order valence-corrected chi connectivity index (χ1v) is 4.71. The average Bonchev–Trinajstić information content (AvgIpc) is 2.12. The van der Waals surface area contributed by atoms with Crippen LogP contribution >= 0.6 is 0 Å². The van der Waals surface area contributed by atoms with Gasteiger partial charge in [-0.15, -0.1) is 0 Å². The summed E-state index contributed by atoms with van der Waals surface area (Å²) in [6, 6.07) is 3.49. The summed E-state index contributed by atoms with van der Waals surface area (Å²) in [4.78, 5) is 0. The summed E-state index contributed by atoms with van der Waals surface area (Å²) < 4.78 is 0. The molecule has 70 valence electrons. The van der Waals surface area contributed by atoms with E-state index < -0.39 is 0 Å². The number of hydrogen-bond acceptors (Lipinski definition) is 2. The van der Waals surface area contributed by atoms with Crippen molar-refractivity contribution in [1.29, 1.82) is 0 Å². The number of fused-ring (bicyclic) bond motifs is 1. The smallest absolute Gasteiger partial charge is 0.160 e. The Hall–Kier alpha value is -1.18. The Balaban J connectivity index is 2.47. The van der Waals surface area contributed by atoms with Gasteiger partial charge in [0.15, 0.2) is 11.5 Å². The molecular weight excluding hydrogens is 164 g/mol. The van der Waals surface area contributed by atoms with Gasteiger partial charge in [-0.3, -0.25) is 0 Å². The first-order valence-electron chi connectivity index (χ1n) is 4.71. The Morgan fingerprint density at radius 1 is 1.31 bits per heavy atom. The summed E-state index contributed by atoms with van der Waals surface area (Å²) in [5, 5.41) is 18.9. The molecule has 13 heavy (non-hydrogen) atoms. The van der Waals surface area contributed by atoms with Crippen LogP contribution < -0.4 is 0 Å². The molecule has 0 aliphatic heterocycles. The highest BCUT2D eigenvalue weighted by atomic mass is 16.3. The Bertz CT molecular complexity index is 331. The van der Waals surface area contributed by atoms with Gasteiger partial charge in [0.25, 0.3) is 0 Å². The minimum atomic E-state index is 0.00769. The molecule has 0 aromatic heterocycles. The Morgan fingerprint density at radius 3 is 2.85 bits per heavy atom. The third-order valence-corrected chi connectivity index (χ3v) is 2.81. The quantitative estimate of drug-likeness (QED) is 0.598. The zero-order valence-electron chi connectivity index (χ0n) is 7.75. The van der Waals surface area contributed by atoms with Gasteiger partial charge < -0.3 is 10.2 Å². The number of phenols is 2. The maximum absolute atomic E-state index is 9.58. The van der Waals surface area contributed by atoms with Gasteiger partial charge in [-0.2, -0.15) is 0 Å². The molecule has 1 aliphatic carbocycles. The summed E-state index contributed by atoms with van der Waals surface area (Å²) in [5.41, 5.74) is 2.13. The molecule has 1 aliphatic rings. The minimum Gasteiger partial charge on any atom is -0.504 e. The maximum Gasteiger partial charge on any atom is 0.160 e. The van der Waals surface area contributed by atoms with Gasteiger partial charge in [0.05, 0.1) is 0 Å². The van der Waals surface area contributed by atoms with Crippen LogP contribution in [0.1, 0.15) is 24.5 Å². The van der Waals surface area contributed by atoms with Gasteiger partial charge in [-0.1, -0.05) is 13.0 Å². The predicted molar refractivity (Wildman–Crippen MR) is 51.0 cm³/mol. The lowest BCUT2D eigenvalue weighted by molar-refractivity contribution is 0.390. The van der Waals surface area contributed by atoms with Crippen molar-refractivity contribution in [2.24, 2.45) is 5.92 Å². The molecule has 1 unspecified atom stereocenters. The number of rotatable bonds is 0. The Kier molecular flexibility index (Phi) is 1.91. The molecule has 1 aromatic rings. The lowest BCUT2D eigenvalue weighted by atomic mass is 9.84. The van der Waals surface area contributed by atoms with E-state index in [-0.39, 0.29) is 11.5 Å². The summed E-state index contributed by atoms with van der Waals surface area (Å²) in [7, 11) is 0. The number of aromatic hydroxyl groups is 2. The second-order valence-corrected chi connectivity index (χ2v) is 3.92. The van der Waals surface area contributed by atoms with E-state index in [0.717, 1.165) is 24.8 Å².